The molecule has 0 saturated carbocycles. The molecule has 4 nitrogen and oxygen atoms in total. The SMILES string of the molecule is COC1(OC)ON(c2ccccc2)[C@H](c2ccccc2)[C@H]1C. The molecule has 0 amide bonds. The molecule has 4 heteroatoms. The highest BCUT2D eigenvalue weighted by molar-refractivity contribution is 5.47. The Bertz CT molecular complexity index is 598. The van der Waals surface area contributed by atoms with Gasteiger partial charge in [-0.3, -0.25) is 0 Å². The fourth-order valence-electron chi connectivity index (χ4n) is 3.07. The topological polar surface area (TPSA) is 30.9 Å². The predicted octanol–water partition coefficient (Wildman–Crippen LogP) is 3.76. The van der Waals surface area contributed by atoms with E-state index in [0.29, 0.717) is 0 Å². The fraction of sp³-hybridized carbons (Fsp3) is 0.333. The Morgan fingerprint density at radius 3 is 2.00 bits per heavy atom. The molecule has 0 bridgehead atoms. The quantitative estimate of drug-likeness (QED) is 0.804. The van der Waals surface area contributed by atoms with Crippen molar-refractivity contribution in [1.29, 1.82) is 0 Å². The van der Waals surface area contributed by atoms with Gasteiger partial charge in [-0.15, -0.1) is 0 Å². The van der Waals surface area contributed by atoms with Gasteiger partial charge in [0.25, 0.3) is 0 Å². The highest BCUT2D eigenvalue weighted by atomic mass is 16.9. The smallest absolute Gasteiger partial charge is 0.309 e. The minimum atomic E-state index is -1.09. The van der Waals surface area contributed by atoms with E-state index >= 15 is 0 Å². The monoisotopic (exact) mass is 299 g/mol. The van der Waals surface area contributed by atoms with Gasteiger partial charge >= 0.3 is 5.97 Å². The lowest BCUT2D eigenvalue weighted by atomic mass is 9.93. The van der Waals surface area contributed by atoms with E-state index in [1.54, 1.807) is 14.2 Å². The van der Waals surface area contributed by atoms with Gasteiger partial charge in [-0.2, -0.15) is 0 Å². The minimum Gasteiger partial charge on any atom is -0.329 e. The van der Waals surface area contributed by atoms with E-state index < -0.39 is 5.97 Å². The summed E-state index contributed by atoms with van der Waals surface area (Å²) in [4.78, 5) is 6.10. The van der Waals surface area contributed by atoms with E-state index in [0.717, 1.165) is 11.3 Å². The van der Waals surface area contributed by atoms with Crippen molar-refractivity contribution in [1.82, 2.24) is 0 Å². The van der Waals surface area contributed by atoms with Crippen LogP contribution in [0.5, 0.6) is 0 Å². The molecule has 116 valence electrons. The van der Waals surface area contributed by atoms with Crippen LogP contribution in [0.1, 0.15) is 18.5 Å². The largest absolute Gasteiger partial charge is 0.329 e. The van der Waals surface area contributed by atoms with E-state index in [2.05, 4.69) is 19.1 Å². The third-order valence-corrected chi connectivity index (χ3v) is 4.23. The third kappa shape index (κ3) is 2.39. The average molecular weight is 299 g/mol. The molecule has 22 heavy (non-hydrogen) atoms. The summed E-state index contributed by atoms with van der Waals surface area (Å²) in [7, 11) is 3.22. The first kappa shape index (κ1) is 15.0. The van der Waals surface area contributed by atoms with Crippen molar-refractivity contribution in [2.75, 3.05) is 19.3 Å². The van der Waals surface area contributed by atoms with Crippen molar-refractivity contribution in [2.45, 2.75) is 18.9 Å². The molecule has 2 aromatic carbocycles. The molecule has 1 heterocycles. The average Bonchev–Trinajstić information content (AvgIpc) is 2.90. The zero-order valence-electron chi connectivity index (χ0n) is 13.1. The van der Waals surface area contributed by atoms with Gasteiger partial charge in [0.15, 0.2) is 0 Å². The normalized spacial score (nSPS) is 23.7. The molecule has 1 fully saturated rings. The molecule has 3 rings (SSSR count). The van der Waals surface area contributed by atoms with Crippen LogP contribution in [-0.4, -0.2) is 20.2 Å². The lowest BCUT2D eigenvalue weighted by Gasteiger charge is -2.27. The summed E-state index contributed by atoms with van der Waals surface area (Å²) in [5.74, 6) is -1.10. The van der Waals surface area contributed by atoms with Crippen LogP contribution in [-0.2, 0) is 14.3 Å². The van der Waals surface area contributed by atoms with E-state index in [1.807, 2.05) is 53.6 Å². The number of ether oxygens (including phenoxy) is 2. The molecular weight excluding hydrogens is 278 g/mol. The summed E-state index contributed by atoms with van der Waals surface area (Å²) in [6, 6.07) is 20.3. The summed E-state index contributed by atoms with van der Waals surface area (Å²) in [6.45, 7) is 2.08. The van der Waals surface area contributed by atoms with E-state index in [4.69, 9.17) is 14.3 Å². The van der Waals surface area contributed by atoms with Crippen LogP contribution in [0.4, 0.5) is 5.69 Å². The predicted molar refractivity (Wildman–Crippen MR) is 85.1 cm³/mol. The molecule has 2 atom stereocenters. The first-order valence-corrected chi connectivity index (χ1v) is 7.40. The van der Waals surface area contributed by atoms with Crippen molar-refractivity contribution in [3.8, 4) is 0 Å². The van der Waals surface area contributed by atoms with Gasteiger partial charge in [-0.05, 0) is 17.7 Å². The molecule has 1 aliphatic rings. The number of nitrogens with zero attached hydrogens (tertiary/aromatic N) is 1. The summed E-state index contributed by atoms with van der Waals surface area (Å²) in [5, 5.41) is 1.88. The van der Waals surface area contributed by atoms with Crippen LogP contribution >= 0.6 is 0 Å². The molecule has 0 N–H and O–H groups in total. The van der Waals surface area contributed by atoms with Gasteiger partial charge in [-0.1, -0.05) is 55.5 Å². The lowest BCUT2D eigenvalue weighted by Crippen LogP contribution is -2.39. The molecule has 0 aliphatic carbocycles. The maximum Gasteiger partial charge on any atom is 0.309 e. The van der Waals surface area contributed by atoms with E-state index in [-0.39, 0.29) is 12.0 Å². The maximum absolute atomic E-state index is 6.10. The molecule has 0 aromatic heterocycles. The zero-order chi connectivity index (χ0) is 15.6. The summed E-state index contributed by atoms with van der Waals surface area (Å²) in [6.07, 6.45) is 0. The van der Waals surface area contributed by atoms with Crippen LogP contribution in [0.3, 0.4) is 0 Å². The zero-order valence-corrected chi connectivity index (χ0v) is 13.1. The number of methoxy groups -OCH3 is 2. The van der Waals surface area contributed by atoms with E-state index in [1.165, 1.54) is 0 Å². The summed E-state index contributed by atoms with van der Waals surface area (Å²) >= 11 is 0. The molecule has 0 radical (unpaired) electrons. The Labute approximate surface area is 131 Å². The van der Waals surface area contributed by atoms with Crippen LogP contribution in [0.25, 0.3) is 0 Å². The molecule has 0 unspecified atom stereocenters. The van der Waals surface area contributed by atoms with Gasteiger partial charge in [-0.25, -0.2) is 9.90 Å². The standard InChI is InChI=1S/C18H21NO3/c1-14-17(15-10-6-4-7-11-15)19(16-12-8-5-9-13-16)22-18(14,20-2)21-3/h4-14,17H,1-3H3/t14-,17+/m1/s1. The Morgan fingerprint density at radius 2 is 1.45 bits per heavy atom. The van der Waals surface area contributed by atoms with Gasteiger partial charge in [0, 0.05) is 14.2 Å². The van der Waals surface area contributed by atoms with Gasteiger partial charge < -0.3 is 9.47 Å². The minimum absolute atomic E-state index is 0.00324. The summed E-state index contributed by atoms with van der Waals surface area (Å²) < 4.78 is 11.2. The molecular formula is C18H21NO3. The molecule has 0 spiro atoms. The second-order valence-electron chi connectivity index (χ2n) is 5.41. The van der Waals surface area contributed by atoms with Crippen molar-refractivity contribution in [3.63, 3.8) is 0 Å². The van der Waals surface area contributed by atoms with Crippen molar-refractivity contribution in [3.05, 3.63) is 66.2 Å². The number of hydrogen-bond acceptors (Lipinski definition) is 4. The van der Waals surface area contributed by atoms with Crippen LogP contribution in [0.15, 0.2) is 60.7 Å². The van der Waals surface area contributed by atoms with Gasteiger partial charge in [0.05, 0.1) is 17.6 Å². The third-order valence-electron chi connectivity index (χ3n) is 4.23. The highest BCUT2D eigenvalue weighted by Crippen LogP contribution is 2.48. The first-order valence-electron chi connectivity index (χ1n) is 7.40. The summed E-state index contributed by atoms with van der Waals surface area (Å²) in [5.41, 5.74) is 2.13. The number of hydroxylamine groups is 1. The fourth-order valence-corrected chi connectivity index (χ4v) is 3.07. The number of rotatable bonds is 4. The van der Waals surface area contributed by atoms with E-state index in [9.17, 15) is 0 Å². The second kappa shape index (κ2) is 6.08. The first-order chi connectivity index (χ1) is 10.7. The number of anilines is 1. The Balaban J connectivity index is 2.06. The van der Waals surface area contributed by atoms with Crippen molar-refractivity contribution in [2.24, 2.45) is 5.92 Å². The number of benzene rings is 2. The Hall–Kier alpha value is -1.88. The molecule has 1 saturated heterocycles. The maximum atomic E-state index is 6.10. The van der Waals surface area contributed by atoms with Crippen LogP contribution < -0.4 is 5.06 Å². The number of hydrogen-bond donors (Lipinski definition) is 0. The van der Waals surface area contributed by atoms with Crippen LogP contribution in [0.2, 0.25) is 0 Å². The molecule has 1 aliphatic heterocycles. The Kier molecular flexibility index (Phi) is 4.16. The van der Waals surface area contributed by atoms with Crippen molar-refractivity contribution >= 4 is 5.69 Å². The highest BCUT2D eigenvalue weighted by Gasteiger charge is 2.54. The number of para-hydroxylation sites is 1. The van der Waals surface area contributed by atoms with Crippen molar-refractivity contribution < 1.29 is 14.3 Å². The lowest BCUT2D eigenvalue weighted by molar-refractivity contribution is -0.361. The van der Waals surface area contributed by atoms with Gasteiger partial charge in [0.1, 0.15) is 0 Å². The Morgan fingerprint density at radius 1 is 0.909 bits per heavy atom. The second-order valence-corrected chi connectivity index (χ2v) is 5.41. The van der Waals surface area contributed by atoms with Gasteiger partial charge in [0.2, 0.25) is 0 Å². The van der Waals surface area contributed by atoms with Crippen LogP contribution in [0, 0.1) is 5.92 Å². The molecule has 2 aromatic rings.